The first kappa shape index (κ1) is 19.0. The summed E-state index contributed by atoms with van der Waals surface area (Å²) in [6.07, 6.45) is 3.69. The van der Waals surface area contributed by atoms with Crippen molar-refractivity contribution in [2.45, 2.75) is 30.3 Å². The van der Waals surface area contributed by atoms with Crippen LogP contribution in [-0.2, 0) is 21.3 Å². The first-order chi connectivity index (χ1) is 13.6. The molecule has 28 heavy (non-hydrogen) atoms. The number of hydrogen-bond donors (Lipinski definition) is 0. The van der Waals surface area contributed by atoms with Crippen LogP contribution in [-0.4, -0.2) is 60.9 Å². The van der Waals surface area contributed by atoms with Gasteiger partial charge in [-0.05, 0) is 49.2 Å². The summed E-state index contributed by atoms with van der Waals surface area (Å²) in [6, 6.07) is 12.1. The highest BCUT2D eigenvalue weighted by atomic mass is 32.2. The molecule has 0 atom stereocenters. The fourth-order valence-corrected chi connectivity index (χ4v) is 4.70. The normalized spacial score (nSPS) is 18.0. The maximum absolute atomic E-state index is 13.0. The molecule has 1 amide bonds. The monoisotopic (exact) mass is 401 g/mol. The first-order valence-electron chi connectivity index (χ1n) is 9.44. The molecule has 0 spiro atoms. The third-order valence-corrected chi connectivity index (χ3v) is 6.93. The lowest BCUT2D eigenvalue weighted by atomic mass is 10.2. The molecule has 0 bridgehead atoms. The van der Waals surface area contributed by atoms with E-state index in [0.717, 1.165) is 18.5 Å². The fourth-order valence-electron chi connectivity index (χ4n) is 3.29. The average Bonchev–Trinajstić information content (AvgIpc) is 3.58. The van der Waals surface area contributed by atoms with Gasteiger partial charge in [0.2, 0.25) is 10.0 Å². The van der Waals surface area contributed by atoms with Gasteiger partial charge in [0, 0.05) is 30.9 Å². The molecule has 1 saturated carbocycles. The number of nitrogens with zero attached hydrogens (tertiary/aromatic N) is 3. The molecule has 0 N–H and O–H groups in total. The van der Waals surface area contributed by atoms with Crippen molar-refractivity contribution in [3.63, 3.8) is 0 Å². The summed E-state index contributed by atoms with van der Waals surface area (Å²) in [5, 5.41) is 0. The Hall–Kier alpha value is -2.29. The van der Waals surface area contributed by atoms with Crippen molar-refractivity contribution >= 4 is 15.9 Å². The zero-order valence-electron chi connectivity index (χ0n) is 15.5. The number of hydrogen-bond acceptors (Lipinski definition) is 5. The van der Waals surface area contributed by atoms with Gasteiger partial charge in [-0.2, -0.15) is 4.31 Å². The third-order valence-electron chi connectivity index (χ3n) is 5.02. The van der Waals surface area contributed by atoms with E-state index in [1.807, 2.05) is 23.1 Å². The molecule has 1 aromatic heterocycles. The number of carbonyl (C=O) groups is 1. The molecule has 4 rings (SSSR count). The van der Waals surface area contributed by atoms with Crippen LogP contribution in [0.4, 0.5) is 0 Å². The lowest BCUT2D eigenvalue weighted by Crippen LogP contribution is -2.40. The number of morpholine rings is 1. The molecular weight excluding hydrogens is 378 g/mol. The van der Waals surface area contributed by atoms with Crippen LogP contribution in [0.5, 0.6) is 0 Å². The van der Waals surface area contributed by atoms with E-state index in [2.05, 4.69) is 4.98 Å². The summed E-state index contributed by atoms with van der Waals surface area (Å²) >= 11 is 0. The Morgan fingerprint density at radius 2 is 1.82 bits per heavy atom. The highest BCUT2D eigenvalue weighted by Gasteiger charge is 2.33. The maximum Gasteiger partial charge on any atom is 0.254 e. The number of rotatable bonds is 6. The second-order valence-corrected chi connectivity index (χ2v) is 8.96. The van der Waals surface area contributed by atoms with Crippen LogP contribution in [0.15, 0.2) is 53.6 Å². The van der Waals surface area contributed by atoms with Crippen molar-refractivity contribution in [3.8, 4) is 0 Å². The molecule has 2 aliphatic rings. The van der Waals surface area contributed by atoms with Crippen LogP contribution in [0, 0.1) is 0 Å². The topological polar surface area (TPSA) is 79.8 Å². The van der Waals surface area contributed by atoms with E-state index in [1.54, 1.807) is 18.3 Å². The smallest absolute Gasteiger partial charge is 0.254 e. The van der Waals surface area contributed by atoms with Gasteiger partial charge in [0.25, 0.3) is 5.91 Å². The maximum atomic E-state index is 13.0. The number of benzene rings is 1. The number of sulfonamides is 1. The van der Waals surface area contributed by atoms with Gasteiger partial charge in [0.05, 0.1) is 30.3 Å². The van der Waals surface area contributed by atoms with Gasteiger partial charge in [0.1, 0.15) is 0 Å². The predicted octanol–water partition coefficient (Wildman–Crippen LogP) is 1.91. The standard InChI is InChI=1S/C20H23N3O4S/c24-20(23(18-6-7-18)15-17-3-1-2-10-21-17)16-4-8-19(9-5-16)28(25,26)22-11-13-27-14-12-22/h1-5,8-10,18H,6-7,11-15H2. The number of amides is 1. The summed E-state index contributed by atoms with van der Waals surface area (Å²) in [6.45, 7) is 1.96. The third kappa shape index (κ3) is 4.09. The molecule has 1 aliphatic carbocycles. The van der Waals surface area contributed by atoms with E-state index >= 15 is 0 Å². The van der Waals surface area contributed by atoms with Gasteiger partial charge < -0.3 is 9.64 Å². The zero-order valence-corrected chi connectivity index (χ0v) is 16.3. The minimum absolute atomic E-state index is 0.0940. The van der Waals surface area contributed by atoms with Crippen LogP contribution >= 0.6 is 0 Å². The van der Waals surface area contributed by atoms with E-state index in [-0.39, 0.29) is 16.8 Å². The molecule has 0 unspecified atom stereocenters. The Balaban J connectivity index is 1.51. The van der Waals surface area contributed by atoms with Crippen LogP contribution in [0.3, 0.4) is 0 Å². The van der Waals surface area contributed by atoms with Crippen LogP contribution in [0.1, 0.15) is 28.9 Å². The van der Waals surface area contributed by atoms with E-state index in [0.29, 0.717) is 38.4 Å². The highest BCUT2D eigenvalue weighted by molar-refractivity contribution is 7.89. The summed E-state index contributed by atoms with van der Waals surface area (Å²) in [7, 11) is -3.56. The lowest BCUT2D eigenvalue weighted by molar-refractivity contribution is 0.0727. The molecule has 1 saturated heterocycles. The van der Waals surface area contributed by atoms with E-state index in [9.17, 15) is 13.2 Å². The predicted molar refractivity (Wildman–Crippen MR) is 103 cm³/mol. The van der Waals surface area contributed by atoms with E-state index in [1.165, 1.54) is 16.4 Å². The van der Waals surface area contributed by atoms with E-state index < -0.39 is 10.0 Å². The summed E-state index contributed by atoms with van der Waals surface area (Å²) < 4.78 is 32.1. The molecule has 2 aromatic rings. The van der Waals surface area contributed by atoms with Crippen molar-refractivity contribution < 1.29 is 17.9 Å². The molecule has 2 heterocycles. The van der Waals surface area contributed by atoms with Gasteiger partial charge in [-0.1, -0.05) is 6.07 Å². The quantitative estimate of drug-likeness (QED) is 0.739. The first-order valence-corrected chi connectivity index (χ1v) is 10.9. The van der Waals surface area contributed by atoms with Crippen LogP contribution in [0.25, 0.3) is 0 Å². The number of pyridine rings is 1. The Labute approximate surface area is 165 Å². The summed E-state index contributed by atoms with van der Waals surface area (Å²) in [5.41, 5.74) is 1.33. The van der Waals surface area contributed by atoms with Crippen LogP contribution < -0.4 is 0 Å². The molecule has 148 valence electrons. The molecule has 7 nitrogen and oxygen atoms in total. The average molecular weight is 401 g/mol. The van der Waals surface area contributed by atoms with Gasteiger partial charge in [-0.3, -0.25) is 9.78 Å². The van der Waals surface area contributed by atoms with Crippen molar-refractivity contribution in [3.05, 3.63) is 59.9 Å². The Morgan fingerprint density at radius 1 is 1.11 bits per heavy atom. The molecular formula is C20H23N3O4S. The van der Waals surface area contributed by atoms with Crippen molar-refractivity contribution in [1.82, 2.24) is 14.2 Å². The molecule has 0 radical (unpaired) electrons. The Kier molecular flexibility index (Phi) is 5.43. The largest absolute Gasteiger partial charge is 0.379 e. The van der Waals surface area contributed by atoms with Crippen molar-refractivity contribution in [2.24, 2.45) is 0 Å². The molecule has 2 fully saturated rings. The highest BCUT2D eigenvalue weighted by Crippen LogP contribution is 2.30. The SMILES string of the molecule is O=C(c1ccc(S(=O)(=O)N2CCOCC2)cc1)N(Cc1ccccn1)C1CC1. The van der Waals surface area contributed by atoms with Crippen molar-refractivity contribution in [1.29, 1.82) is 0 Å². The lowest BCUT2D eigenvalue weighted by Gasteiger charge is -2.26. The van der Waals surface area contributed by atoms with Gasteiger partial charge >= 0.3 is 0 Å². The molecule has 8 heteroatoms. The van der Waals surface area contributed by atoms with Gasteiger partial charge in [0.15, 0.2) is 0 Å². The Morgan fingerprint density at radius 3 is 2.43 bits per heavy atom. The zero-order chi connectivity index (χ0) is 19.6. The Bertz CT molecular complexity index is 922. The fraction of sp³-hybridized carbons (Fsp3) is 0.400. The summed E-state index contributed by atoms with van der Waals surface area (Å²) in [5.74, 6) is -0.0940. The summed E-state index contributed by atoms with van der Waals surface area (Å²) in [4.78, 5) is 19.4. The van der Waals surface area contributed by atoms with Gasteiger partial charge in [-0.15, -0.1) is 0 Å². The number of carbonyl (C=O) groups excluding carboxylic acids is 1. The molecule has 1 aromatic carbocycles. The molecule has 1 aliphatic heterocycles. The number of aromatic nitrogens is 1. The van der Waals surface area contributed by atoms with Gasteiger partial charge in [-0.25, -0.2) is 8.42 Å². The number of ether oxygens (including phenoxy) is 1. The minimum Gasteiger partial charge on any atom is -0.379 e. The second kappa shape index (κ2) is 7.98. The minimum atomic E-state index is -3.56. The van der Waals surface area contributed by atoms with E-state index in [4.69, 9.17) is 4.74 Å². The second-order valence-electron chi connectivity index (χ2n) is 7.03. The van der Waals surface area contributed by atoms with Crippen LogP contribution in [0.2, 0.25) is 0 Å². The van der Waals surface area contributed by atoms with Crippen molar-refractivity contribution in [2.75, 3.05) is 26.3 Å².